The molecule has 0 atom stereocenters. The number of carbonyl (C=O) groups excluding carboxylic acids is 1. The first-order valence-corrected chi connectivity index (χ1v) is 7.00. The summed E-state index contributed by atoms with van der Waals surface area (Å²) >= 11 is 6.10. The number of halogens is 1. The molecule has 0 saturated carbocycles. The molecule has 21 heavy (non-hydrogen) atoms. The van der Waals surface area contributed by atoms with Gasteiger partial charge < -0.3 is 9.73 Å². The van der Waals surface area contributed by atoms with Crippen LogP contribution in [0.25, 0.3) is 22.6 Å². The van der Waals surface area contributed by atoms with E-state index in [0.717, 1.165) is 16.7 Å². The maximum absolute atomic E-state index is 11.5. The lowest BCUT2D eigenvalue weighted by Crippen LogP contribution is -2.09. The highest BCUT2D eigenvalue weighted by Crippen LogP contribution is 2.30. The number of benzene rings is 2. The highest BCUT2D eigenvalue weighted by atomic mass is 35.5. The zero-order valence-corrected chi connectivity index (χ0v) is 12.1. The van der Waals surface area contributed by atoms with Gasteiger partial charge in [0.05, 0.1) is 10.7 Å². The van der Waals surface area contributed by atoms with Crippen molar-refractivity contribution in [1.82, 2.24) is 4.98 Å². The minimum absolute atomic E-state index is 0.0911. The number of hydrogen-bond acceptors (Lipinski definition) is 3. The quantitative estimate of drug-likeness (QED) is 0.775. The van der Waals surface area contributed by atoms with Crippen LogP contribution in [-0.2, 0) is 4.79 Å². The molecule has 0 saturated heterocycles. The van der Waals surface area contributed by atoms with Crippen molar-refractivity contribution in [3.63, 3.8) is 0 Å². The molecule has 106 valence electrons. The van der Waals surface area contributed by atoms with Gasteiger partial charge in [-0.25, -0.2) is 4.98 Å². The summed E-state index contributed by atoms with van der Waals surface area (Å²) in [7, 11) is 0. The molecule has 5 heteroatoms. The first-order valence-electron chi connectivity index (χ1n) is 6.62. The fourth-order valence-electron chi connectivity index (χ4n) is 1.99. The molecule has 1 amide bonds. The Balaban J connectivity index is 2.02. The number of carbonyl (C=O) groups is 1. The van der Waals surface area contributed by atoms with E-state index in [-0.39, 0.29) is 5.91 Å². The van der Waals surface area contributed by atoms with Gasteiger partial charge in [0.25, 0.3) is 0 Å². The van der Waals surface area contributed by atoms with Crippen molar-refractivity contribution in [3.8, 4) is 11.5 Å². The van der Waals surface area contributed by atoms with E-state index in [1.54, 1.807) is 19.1 Å². The average Bonchev–Trinajstić information content (AvgIpc) is 2.93. The van der Waals surface area contributed by atoms with Gasteiger partial charge in [0, 0.05) is 12.0 Å². The van der Waals surface area contributed by atoms with Gasteiger partial charge in [-0.1, -0.05) is 30.7 Å². The lowest BCUT2D eigenvalue weighted by Gasteiger charge is -2.07. The summed E-state index contributed by atoms with van der Waals surface area (Å²) in [4.78, 5) is 15.9. The molecule has 0 bridgehead atoms. The molecule has 0 radical (unpaired) electrons. The number of amides is 1. The van der Waals surface area contributed by atoms with Gasteiger partial charge >= 0.3 is 0 Å². The van der Waals surface area contributed by atoms with Crippen LogP contribution in [0.4, 0.5) is 5.69 Å². The Hall–Kier alpha value is -2.33. The topological polar surface area (TPSA) is 55.1 Å². The highest BCUT2D eigenvalue weighted by Gasteiger charge is 2.11. The molecule has 1 heterocycles. The van der Waals surface area contributed by atoms with Gasteiger partial charge in [0.2, 0.25) is 11.8 Å². The number of para-hydroxylation sites is 2. The molecule has 4 nitrogen and oxygen atoms in total. The van der Waals surface area contributed by atoms with Crippen molar-refractivity contribution in [2.75, 3.05) is 5.32 Å². The Morgan fingerprint density at radius 2 is 2.10 bits per heavy atom. The molecule has 0 spiro atoms. The molecule has 0 unspecified atom stereocenters. The van der Waals surface area contributed by atoms with E-state index in [1.807, 2.05) is 30.3 Å². The van der Waals surface area contributed by atoms with Crippen LogP contribution in [0, 0.1) is 0 Å². The number of nitrogens with zero attached hydrogens (tertiary/aromatic N) is 1. The Morgan fingerprint density at radius 1 is 1.29 bits per heavy atom. The summed E-state index contributed by atoms with van der Waals surface area (Å²) in [6.45, 7) is 1.79. The smallest absolute Gasteiger partial charge is 0.227 e. The van der Waals surface area contributed by atoms with Crippen molar-refractivity contribution in [2.24, 2.45) is 0 Å². The zero-order valence-electron chi connectivity index (χ0n) is 11.4. The molecular formula is C16H13ClN2O2. The predicted molar refractivity (Wildman–Crippen MR) is 83.4 cm³/mol. The normalized spacial score (nSPS) is 10.8. The molecule has 3 aromatic rings. The van der Waals surface area contributed by atoms with Gasteiger partial charge in [0.1, 0.15) is 5.52 Å². The molecule has 0 aliphatic carbocycles. The van der Waals surface area contributed by atoms with Gasteiger partial charge in [-0.05, 0) is 30.3 Å². The van der Waals surface area contributed by atoms with Crippen molar-refractivity contribution >= 4 is 34.3 Å². The van der Waals surface area contributed by atoms with E-state index < -0.39 is 0 Å². The number of hydrogen-bond donors (Lipinski definition) is 1. The van der Waals surface area contributed by atoms with Gasteiger partial charge in [-0.15, -0.1) is 0 Å². The third kappa shape index (κ3) is 2.76. The highest BCUT2D eigenvalue weighted by molar-refractivity contribution is 6.33. The lowest BCUT2D eigenvalue weighted by atomic mass is 10.2. The van der Waals surface area contributed by atoms with Crippen LogP contribution in [0.5, 0.6) is 0 Å². The first-order chi connectivity index (χ1) is 10.2. The number of anilines is 1. The second-order valence-electron chi connectivity index (χ2n) is 4.58. The van der Waals surface area contributed by atoms with Crippen LogP contribution in [0.15, 0.2) is 46.9 Å². The van der Waals surface area contributed by atoms with Crippen LogP contribution in [0.3, 0.4) is 0 Å². The van der Waals surface area contributed by atoms with E-state index in [2.05, 4.69) is 10.3 Å². The summed E-state index contributed by atoms with van der Waals surface area (Å²) in [6.07, 6.45) is 0.392. The molecule has 1 aromatic heterocycles. The second-order valence-corrected chi connectivity index (χ2v) is 4.99. The third-order valence-electron chi connectivity index (χ3n) is 3.10. The number of oxazole rings is 1. The summed E-state index contributed by atoms with van der Waals surface area (Å²) in [5.41, 5.74) is 2.84. The number of fused-ring (bicyclic) bond motifs is 1. The van der Waals surface area contributed by atoms with E-state index in [1.165, 1.54) is 0 Å². The van der Waals surface area contributed by atoms with Gasteiger partial charge in [-0.3, -0.25) is 4.79 Å². The summed E-state index contributed by atoms with van der Waals surface area (Å²) in [6, 6.07) is 12.8. The standard InChI is InChI=1S/C16H13ClN2O2/c1-2-15(20)18-13-9-10(7-8-11(13)17)16-19-12-5-3-4-6-14(12)21-16/h3-9H,2H2,1H3,(H,18,20). The largest absolute Gasteiger partial charge is 0.436 e. The van der Waals surface area contributed by atoms with Crippen LogP contribution in [0.1, 0.15) is 13.3 Å². The Bertz CT molecular complexity index is 778. The predicted octanol–water partition coefficient (Wildman–Crippen LogP) is 4.50. The lowest BCUT2D eigenvalue weighted by molar-refractivity contribution is -0.115. The van der Waals surface area contributed by atoms with Crippen molar-refractivity contribution in [3.05, 3.63) is 47.5 Å². The Morgan fingerprint density at radius 3 is 2.86 bits per heavy atom. The minimum Gasteiger partial charge on any atom is -0.436 e. The van der Waals surface area contributed by atoms with E-state index in [4.69, 9.17) is 16.0 Å². The molecular weight excluding hydrogens is 288 g/mol. The number of nitrogens with one attached hydrogen (secondary N) is 1. The molecule has 0 aliphatic heterocycles. The average molecular weight is 301 g/mol. The third-order valence-corrected chi connectivity index (χ3v) is 3.43. The fourth-order valence-corrected chi connectivity index (χ4v) is 2.15. The first kappa shape index (κ1) is 13.6. The molecule has 2 aromatic carbocycles. The Kier molecular flexibility index (Phi) is 3.62. The van der Waals surface area contributed by atoms with Crippen LogP contribution in [0.2, 0.25) is 5.02 Å². The summed E-state index contributed by atoms with van der Waals surface area (Å²) < 4.78 is 5.71. The summed E-state index contributed by atoms with van der Waals surface area (Å²) in [5.74, 6) is 0.409. The number of rotatable bonds is 3. The van der Waals surface area contributed by atoms with Crippen molar-refractivity contribution in [1.29, 1.82) is 0 Å². The zero-order chi connectivity index (χ0) is 14.8. The van der Waals surface area contributed by atoms with E-state index in [0.29, 0.717) is 23.0 Å². The summed E-state index contributed by atoms with van der Waals surface area (Å²) in [5, 5.41) is 3.25. The molecule has 1 N–H and O–H groups in total. The maximum Gasteiger partial charge on any atom is 0.227 e. The van der Waals surface area contributed by atoms with E-state index in [9.17, 15) is 4.79 Å². The fraction of sp³-hybridized carbons (Fsp3) is 0.125. The monoisotopic (exact) mass is 300 g/mol. The number of aromatic nitrogens is 1. The van der Waals surface area contributed by atoms with Crippen molar-refractivity contribution < 1.29 is 9.21 Å². The van der Waals surface area contributed by atoms with Crippen molar-refractivity contribution in [2.45, 2.75) is 13.3 Å². The second kappa shape index (κ2) is 5.58. The van der Waals surface area contributed by atoms with Gasteiger partial charge in [-0.2, -0.15) is 0 Å². The van der Waals surface area contributed by atoms with E-state index >= 15 is 0 Å². The van der Waals surface area contributed by atoms with Crippen LogP contribution in [-0.4, -0.2) is 10.9 Å². The Labute approximate surface area is 126 Å². The van der Waals surface area contributed by atoms with Crippen LogP contribution >= 0.6 is 11.6 Å². The van der Waals surface area contributed by atoms with Crippen LogP contribution < -0.4 is 5.32 Å². The maximum atomic E-state index is 11.5. The molecule has 3 rings (SSSR count). The molecule has 0 fully saturated rings. The SMILES string of the molecule is CCC(=O)Nc1cc(-c2nc3ccccc3o2)ccc1Cl. The van der Waals surface area contributed by atoms with Gasteiger partial charge in [0.15, 0.2) is 5.58 Å². The minimum atomic E-state index is -0.0911. The molecule has 0 aliphatic rings.